The second kappa shape index (κ2) is 9.37. The summed E-state index contributed by atoms with van der Waals surface area (Å²) < 4.78 is 10.9. The normalized spacial score (nSPS) is 11.4. The van der Waals surface area contributed by atoms with Crippen molar-refractivity contribution in [2.75, 3.05) is 6.61 Å². The number of benzene rings is 3. The molecule has 3 aromatic rings. The van der Waals surface area contributed by atoms with Crippen LogP contribution in [0.2, 0.25) is 0 Å². The van der Waals surface area contributed by atoms with E-state index in [4.69, 9.17) is 15.2 Å². The first-order valence-electron chi connectivity index (χ1n) is 8.92. The van der Waals surface area contributed by atoms with Crippen molar-refractivity contribution in [1.82, 2.24) is 0 Å². The van der Waals surface area contributed by atoms with E-state index in [9.17, 15) is 9.59 Å². The van der Waals surface area contributed by atoms with Crippen LogP contribution in [0.1, 0.15) is 22.8 Å². The molecule has 0 spiro atoms. The Morgan fingerprint density at radius 1 is 0.821 bits per heavy atom. The maximum Gasteiger partial charge on any atom is 0.345 e. The van der Waals surface area contributed by atoms with E-state index in [0.29, 0.717) is 17.7 Å². The largest absolute Gasteiger partial charge is 0.482 e. The monoisotopic (exact) mass is 375 g/mol. The van der Waals surface area contributed by atoms with Crippen LogP contribution in [0.5, 0.6) is 5.75 Å². The van der Waals surface area contributed by atoms with Crippen LogP contribution in [0.4, 0.5) is 0 Å². The average molecular weight is 375 g/mol. The van der Waals surface area contributed by atoms with Crippen LogP contribution in [0, 0.1) is 0 Å². The number of rotatable bonds is 8. The first-order valence-corrected chi connectivity index (χ1v) is 8.92. The van der Waals surface area contributed by atoms with Crippen molar-refractivity contribution < 1.29 is 19.1 Å². The maximum atomic E-state index is 12.2. The Hall–Kier alpha value is -3.60. The lowest BCUT2D eigenvalue weighted by atomic mass is 10.0. The molecule has 0 aliphatic rings. The van der Waals surface area contributed by atoms with Crippen molar-refractivity contribution in [2.45, 2.75) is 12.5 Å². The van der Waals surface area contributed by atoms with Gasteiger partial charge >= 0.3 is 5.97 Å². The molecule has 0 saturated carbocycles. The molecule has 0 unspecified atom stereocenters. The van der Waals surface area contributed by atoms with Gasteiger partial charge in [0.2, 0.25) is 6.10 Å². The van der Waals surface area contributed by atoms with Gasteiger partial charge in [0.1, 0.15) is 5.75 Å². The SMILES string of the molecule is NC(=O)[C@H](OC(=O)COc1ccccc1Cc1ccccc1)c1ccccc1. The van der Waals surface area contributed by atoms with Gasteiger partial charge in [-0.05, 0) is 17.2 Å². The lowest BCUT2D eigenvalue weighted by Crippen LogP contribution is -2.28. The summed E-state index contributed by atoms with van der Waals surface area (Å²) in [7, 11) is 0. The third kappa shape index (κ3) is 5.20. The number of ether oxygens (including phenoxy) is 2. The lowest BCUT2D eigenvalue weighted by Gasteiger charge is -2.16. The molecule has 0 radical (unpaired) electrons. The second-order valence-electron chi connectivity index (χ2n) is 6.24. The van der Waals surface area contributed by atoms with Gasteiger partial charge in [-0.25, -0.2) is 4.79 Å². The van der Waals surface area contributed by atoms with Crippen LogP contribution in [0.25, 0.3) is 0 Å². The zero-order chi connectivity index (χ0) is 19.8. The molecular formula is C23H21NO4. The average Bonchev–Trinajstić information content (AvgIpc) is 2.72. The third-order valence-corrected chi connectivity index (χ3v) is 4.17. The number of hydrogen-bond acceptors (Lipinski definition) is 4. The minimum Gasteiger partial charge on any atom is -0.482 e. The number of carbonyl (C=O) groups excluding carboxylic acids is 2. The summed E-state index contributed by atoms with van der Waals surface area (Å²) in [5.41, 5.74) is 7.99. The van der Waals surface area contributed by atoms with Crippen LogP contribution in [0.15, 0.2) is 84.9 Å². The van der Waals surface area contributed by atoms with Gasteiger partial charge in [0, 0.05) is 12.0 Å². The predicted octanol–water partition coefficient (Wildman–Crippen LogP) is 3.43. The van der Waals surface area contributed by atoms with E-state index in [1.165, 1.54) is 0 Å². The highest BCUT2D eigenvalue weighted by Crippen LogP contribution is 2.22. The van der Waals surface area contributed by atoms with Gasteiger partial charge in [-0.1, -0.05) is 78.9 Å². The van der Waals surface area contributed by atoms with Crippen LogP contribution in [0.3, 0.4) is 0 Å². The zero-order valence-corrected chi connectivity index (χ0v) is 15.3. The van der Waals surface area contributed by atoms with Gasteiger partial charge in [0.25, 0.3) is 5.91 Å². The molecule has 0 bridgehead atoms. The molecule has 0 fully saturated rings. The fraction of sp³-hybridized carbons (Fsp3) is 0.130. The Morgan fingerprint density at radius 2 is 1.43 bits per heavy atom. The van der Waals surface area contributed by atoms with Crippen LogP contribution in [-0.2, 0) is 20.7 Å². The molecule has 0 saturated heterocycles. The van der Waals surface area contributed by atoms with E-state index in [1.807, 2.05) is 48.5 Å². The van der Waals surface area contributed by atoms with E-state index >= 15 is 0 Å². The van der Waals surface area contributed by atoms with E-state index in [2.05, 4.69) is 0 Å². The summed E-state index contributed by atoms with van der Waals surface area (Å²) in [4.78, 5) is 23.9. The molecule has 0 aliphatic carbocycles. The Bertz CT molecular complexity index is 926. The molecular weight excluding hydrogens is 354 g/mol. The Labute approximate surface area is 163 Å². The standard InChI is InChI=1S/C23H21NO4/c24-23(26)22(18-11-5-2-6-12-18)28-21(25)16-27-20-14-8-7-13-19(20)15-17-9-3-1-4-10-17/h1-14,22H,15-16H2,(H2,24,26)/t22-/m1/s1. The van der Waals surface area contributed by atoms with Crippen molar-refractivity contribution in [3.05, 3.63) is 102 Å². The molecule has 0 aliphatic heterocycles. The molecule has 3 rings (SSSR count). The molecule has 0 heterocycles. The van der Waals surface area contributed by atoms with E-state index in [0.717, 1.165) is 11.1 Å². The first-order chi connectivity index (χ1) is 13.6. The number of esters is 1. The summed E-state index contributed by atoms with van der Waals surface area (Å²) in [6, 6.07) is 26.1. The van der Waals surface area contributed by atoms with Gasteiger partial charge in [-0.3, -0.25) is 4.79 Å². The summed E-state index contributed by atoms with van der Waals surface area (Å²) in [5, 5.41) is 0. The van der Waals surface area contributed by atoms with Crippen molar-refractivity contribution >= 4 is 11.9 Å². The molecule has 142 valence electrons. The number of para-hydroxylation sites is 1. The summed E-state index contributed by atoms with van der Waals surface area (Å²) in [6.07, 6.45) is -0.461. The minimum atomic E-state index is -1.14. The second-order valence-corrected chi connectivity index (χ2v) is 6.24. The molecule has 28 heavy (non-hydrogen) atoms. The highest BCUT2D eigenvalue weighted by atomic mass is 16.6. The minimum absolute atomic E-state index is 0.317. The van der Waals surface area contributed by atoms with Crippen molar-refractivity contribution in [3.63, 3.8) is 0 Å². The van der Waals surface area contributed by atoms with Gasteiger partial charge < -0.3 is 15.2 Å². The van der Waals surface area contributed by atoms with E-state index in [1.54, 1.807) is 36.4 Å². The fourth-order valence-electron chi connectivity index (χ4n) is 2.83. The summed E-state index contributed by atoms with van der Waals surface area (Å²) in [5.74, 6) is -0.801. The number of nitrogens with two attached hydrogens (primary N) is 1. The lowest BCUT2D eigenvalue weighted by molar-refractivity contribution is -0.157. The van der Waals surface area contributed by atoms with Crippen molar-refractivity contribution in [2.24, 2.45) is 5.73 Å². The van der Waals surface area contributed by atoms with Gasteiger partial charge in [-0.2, -0.15) is 0 Å². The van der Waals surface area contributed by atoms with Crippen LogP contribution in [-0.4, -0.2) is 18.5 Å². The molecule has 2 N–H and O–H groups in total. The van der Waals surface area contributed by atoms with E-state index < -0.39 is 18.0 Å². The quantitative estimate of drug-likeness (QED) is 0.612. The Balaban J connectivity index is 1.64. The molecule has 1 atom stereocenters. The number of hydrogen-bond donors (Lipinski definition) is 1. The summed E-state index contributed by atoms with van der Waals surface area (Å²) >= 11 is 0. The highest BCUT2D eigenvalue weighted by molar-refractivity contribution is 5.83. The molecule has 0 aromatic heterocycles. The van der Waals surface area contributed by atoms with E-state index in [-0.39, 0.29) is 6.61 Å². The van der Waals surface area contributed by atoms with Gasteiger partial charge in [0.15, 0.2) is 6.61 Å². The topological polar surface area (TPSA) is 78.6 Å². The van der Waals surface area contributed by atoms with Gasteiger partial charge in [-0.15, -0.1) is 0 Å². The highest BCUT2D eigenvalue weighted by Gasteiger charge is 2.22. The fourth-order valence-corrected chi connectivity index (χ4v) is 2.83. The van der Waals surface area contributed by atoms with Crippen LogP contribution < -0.4 is 10.5 Å². The predicted molar refractivity (Wildman–Crippen MR) is 106 cm³/mol. The van der Waals surface area contributed by atoms with Gasteiger partial charge in [0.05, 0.1) is 0 Å². The Kier molecular flexibility index (Phi) is 6.41. The van der Waals surface area contributed by atoms with Crippen LogP contribution >= 0.6 is 0 Å². The molecule has 1 amide bonds. The smallest absolute Gasteiger partial charge is 0.345 e. The van der Waals surface area contributed by atoms with Crippen molar-refractivity contribution in [1.29, 1.82) is 0 Å². The third-order valence-electron chi connectivity index (χ3n) is 4.17. The zero-order valence-electron chi connectivity index (χ0n) is 15.3. The number of carbonyl (C=O) groups is 2. The first kappa shape index (κ1) is 19.2. The van der Waals surface area contributed by atoms with Crippen molar-refractivity contribution in [3.8, 4) is 5.75 Å². The number of amides is 1. The number of primary amides is 1. The maximum absolute atomic E-state index is 12.2. The molecule has 5 heteroatoms. The molecule has 3 aromatic carbocycles. The summed E-state index contributed by atoms with van der Waals surface area (Å²) in [6.45, 7) is -0.317. The Morgan fingerprint density at radius 3 is 2.11 bits per heavy atom. The molecule has 5 nitrogen and oxygen atoms in total.